The number of nitrogens with two attached hydrogens (primary N) is 1. The Morgan fingerprint density at radius 1 is 1.24 bits per heavy atom. The van der Waals surface area contributed by atoms with E-state index in [0.29, 0.717) is 21.9 Å². The second-order valence-corrected chi connectivity index (χ2v) is 9.42. The maximum Gasteiger partial charge on any atom is 0.238 e. The molecule has 0 spiro atoms. The van der Waals surface area contributed by atoms with Crippen LogP contribution in [0.15, 0.2) is 34.2 Å². The fourth-order valence-electron chi connectivity index (χ4n) is 3.19. The minimum Gasteiger partial charge on any atom is -0.327 e. The molecule has 0 atom stereocenters. The molecule has 29 heavy (non-hydrogen) atoms. The van der Waals surface area contributed by atoms with E-state index in [1.54, 1.807) is 6.07 Å². The minimum atomic E-state index is -3.79. The molecule has 0 amide bonds. The van der Waals surface area contributed by atoms with Crippen molar-refractivity contribution >= 4 is 32.8 Å². The lowest BCUT2D eigenvalue weighted by molar-refractivity contribution is 0.598. The summed E-state index contributed by atoms with van der Waals surface area (Å²) in [5, 5.41) is 15.4. The van der Waals surface area contributed by atoms with Crippen molar-refractivity contribution in [2.75, 3.05) is 0 Å². The Morgan fingerprint density at radius 2 is 2.00 bits per heavy atom. The average Bonchev–Trinajstić information content (AvgIpc) is 3.00. The van der Waals surface area contributed by atoms with Gasteiger partial charge in [0, 0.05) is 12.2 Å². The predicted octanol–water partition coefficient (Wildman–Crippen LogP) is 3.66. The van der Waals surface area contributed by atoms with Gasteiger partial charge in [-0.15, -0.1) is 0 Å². The van der Waals surface area contributed by atoms with Crippen LogP contribution in [0.3, 0.4) is 0 Å². The number of hydrogen-bond acceptors (Lipinski definition) is 6. The van der Waals surface area contributed by atoms with Gasteiger partial charge >= 0.3 is 0 Å². The molecule has 0 unspecified atom stereocenters. The number of aryl methyl sites for hydroxylation is 3. The van der Waals surface area contributed by atoms with E-state index in [4.69, 9.17) is 5.14 Å². The number of benzene rings is 1. The zero-order valence-corrected chi connectivity index (χ0v) is 18.3. The Labute approximate surface area is 175 Å². The van der Waals surface area contributed by atoms with Gasteiger partial charge in [0.2, 0.25) is 10.0 Å². The molecular weight excluding hydrogens is 406 g/mol. The summed E-state index contributed by atoms with van der Waals surface area (Å²) >= 11 is 1.47. The van der Waals surface area contributed by atoms with Gasteiger partial charge in [-0.25, -0.2) is 23.5 Å². The van der Waals surface area contributed by atoms with Gasteiger partial charge in [-0.05, 0) is 50.1 Å². The zero-order valence-electron chi connectivity index (χ0n) is 16.6. The Hall–Kier alpha value is -2.41. The smallest absolute Gasteiger partial charge is 0.238 e. The Morgan fingerprint density at radius 3 is 2.66 bits per heavy atom. The number of nitrogens with zero attached hydrogens (tertiary/aromatic N) is 4. The van der Waals surface area contributed by atoms with Crippen molar-refractivity contribution in [2.24, 2.45) is 5.14 Å². The van der Waals surface area contributed by atoms with Crippen LogP contribution in [0, 0.1) is 25.2 Å². The molecule has 0 aliphatic heterocycles. The van der Waals surface area contributed by atoms with Crippen LogP contribution >= 0.6 is 11.8 Å². The maximum absolute atomic E-state index is 11.7. The SMILES string of the molecule is CCCCn1c(CSc2nc(C)cc(C)c2C#N)nc2cc(S(N)(=O)=O)ccc21. The molecule has 0 saturated carbocycles. The number of primary sulfonamides is 1. The number of unbranched alkanes of at least 4 members (excludes halogenated alkanes) is 1. The third kappa shape index (κ3) is 4.61. The number of pyridine rings is 1. The maximum atomic E-state index is 11.7. The molecule has 0 saturated heterocycles. The van der Waals surface area contributed by atoms with Crippen LogP contribution in [0.2, 0.25) is 0 Å². The molecule has 0 fully saturated rings. The molecule has 0 aliphatic rings. The van der Waals surface area contributed by atoms with Gasteiger partial charge in [-0.1, -0.05) is 25.1 Å². The molecule has 9 heteroatoms. The first-order chi connectivity index (χ1) is 13.7. The number of hydrogen-bond donors (Lipinski definition) is 1. The number of aromatic nitrogens is 3. The summed E-state index contributed by atoms with van der Waals surface area (Å²) < 4.78 is 25.5. The summed E-state index contributed by atoms with van der Waals surface area (Å²) in [6.45, 7) is 6.71. The van der Waals surface area contributed by atoms with Crippen molar-refractivity contribution in [3.05, 3.63) is 46.9 Å². The van der Waals surface area contributed by atoms with Gasteiger partial charge in [0.15, 0.2) is 0 Å². The molecule has 2 aromatic heterocycles. The average molecular weight is 430 g/mol. The van der Waals surface area contributed by atoms with Gasteiger partial charge in [0.25, 0.3) is 0 Å². The van der Waals surface area contributed by atoms with Gasteiger partial charge < -0.3 is 4.57 Å². The Kier molecular flexibility index (Phi) is 6.27. The number of nitriles is 1. The highest BCUT2D eigenvalue weighted by Crippen LogP contribution is 2.29. The number of rotatable bonds is 7. The van der Waals surface area contributed by atoms with Crippen molar-refractivity contribution < 1.29 is 8.42 Å². The third-order valence-corrected chi connectivity index (χ3v) is 6.51. The number of fused-ring (bicyclic) bond motifs is 1. The van der Waals surface area contributed by atoms with E-state index < -0.39 is 10.0 Å². The van der Waals surface area contributed by atoms with Gasteiger partial charge in [-0.3, -0.25) is 0 Å². The van der Waals surface area contributed by atoms with E-state index in [0.717, 1.165) is 42.0 Å². The third-order valence-electron chi connectivity index (χ3n) is 4.62. The Bertz CT molecular complexity index is 1210. The molecule has 3 rings (SSSR count). The van der Waals surface area contributed by atoms with Crippen LogP contribution in [-0.4, -0.2) is 23.0 Å². The number of thioether (sulfide) groups is 1. The lowest BCUT2D eigenvalue weighted by Gasteiger charge is -2.10. The van der Waals surface area contributed by atoms with E-state index in [2.05, 4.69) is 27.5 Å². The monoisotopic (exact) mass is 429 g/mol. The highest BCUT2D eigenvalue weighted by atomic mass is 32.2. The summed E-state index contributed by atoms with van der Waals surface area (Å²) in [6.07, 6.45) is 2.00. The molecule has 1 aromatic carbocycles. The molecular formula is C20H23N5O2S2. The van der Waals surface area contributed by atoms with Gasteiger partial charge in [0.1, 0.15) is 16.9 Å². The first kappa shape index (κ1) is 21.3. The van der Waals surface area contributed by atoms with Gasteiger partial charge in [0.05, 0.1) is 27.2 Å². The first-order valence-corrected chi connectivity index (χ1v) is 11.8. The van der Waals surface area contributed by atoms with Crippen molar-refractivity contribution in [1.82, 2.24) is 14.5 Å². The lowest BCUT2D eigenvalue weighted by atomic mass is 10.1. The van der Waals surface area contributed by atoms with E-state index in [1.807, 2.05) is 19.9 Å². The summed E-state index contributed by atoms with van der Waals surface area (Å²) in [5.74, 6) is 1.34. The molecule has 0 aliphatic carbocycles. The standard InChI is InChI=1S/C20H23N5O2S2/c1-4-5-8-25-18-7-6-15(29(22,26)27)10-17(18)24-19(25)12-28-20-16(11-21)13(2)9-14(3)23-20/h6-7,9-10H,4-5,8,12H2,1-3H3,(H2,22,26,27). The van der Waals surface area contributed by atoms with Crippen LogP contribution < -0.4 is 5.14 Å². The van der Waals surface area contributed by atoms with Crippen LogP contribution in [0.1, 0.15) is 42.4 Å². The molecule has 2 heterocycles. The van der Waals surface area contributed by atoms with Crippen LogP contribution in [-0.2, 0) is 22.3 Å². The van der Waals surface area contributed by atoms with E-state index in [1.165, 1.54) is 23.9 Å². The van der Waals surface area contributed by atoms with Gasteiger partial charge in [-0.2, -0.15) is 5.26 Å². The van der Waals surface area contributed by atoms with Crippen LogP contribution in [0.4, 0.5) is 0 Å². The second kappa shape index (κ2) is 8.53. The molecule has 7 nitrogen and oxygen atoms in total. The largest absolute Gasteiger partial charge is 0.327 e. The van der Waals surface area contributed by atoms with E-state index >= 15 is 0 Å². The fraction of sp³-hybridized carbons (Fsp3) is 0.350. The molecule has 3 aromatic rings. The quantitative estimate of drug-likeness (QED) is 0.573. The number of sulfonamides is 1. The summed E-state index contributed by atoms with van der Waals surface area (Å²) in [5.41, 5.74) is 3.81. The normalized spacial score (nSPS) is 11.7. The molecule has 0 radical (unpaired) electrons. The molecule has 2 N–H and O–H groups in total. The molecule has 0 bridgehead atoms. The highest BCUT2D eigenvalue weighted by molar-refractivity contribution is 7.98. The second-order valence-electron chi connectivity index (χ2n) is 6.89. The first-order valence-electron chi connectivity index (χ1n) is 9.27. The van der Waals surface area contributed by atoms with E-state index in [9.17, 15) is 13.7 Å². The van der Waals surface area contributed by atoms with Crippen molar-refractivity contribution in [1.29, 1.82) is 5.26 Å². The lowest BCUT2D eigenvalue weighted by Crippen LogP contribution is -2.11. The summed E-state index contributed by atoms with van der Waals surface area (Å²) in [7, 11) is -3.79. The Balaban J connectivity index is 2.01. The topological polar surface area (TPSA) is 115 Å². The van der Waals surface area contributed by atoms with Crippen LogP contribution in [0.25, 0.3) is 11.0 Å². The fourth-order valence-corrected chi connectivity index (χ4v) is 4.77. The van der Waals surface area contributed by atoms with Crippen molar-refractivity contribution in [2.45, 2.75) is 55.8 Å². The molecule has 152 valence electrons. The summed E-state index contributed by atoms with van der Waals surface area (Å²) in [4.78, 5) is 9.23. The predicted molar refractivity (Wildman–Crippen MR) is 114 cm³/mol. The highest BCUT2D eigenvalue weighted by Gasteiger charge is 2.16. The zero-order chi connectivity index (χ0) is 21.2. The number of imidazole rings is 1. The minimum absolute atomic E-state index is 0.0482. The van der Waals surface area contributed by atoms with Crippen LogP contribution in [0.5, 0.6) is 0 Å². The van der Waals surface area contributed by atoms with E-state index in [-0.39, 0.29) is 4.90 Å². The van der Waals surface area contributed by atoms with Crippen molar-refractivity contribution in [3.8, 4) is 6.07 Å². The summed E-state index contributed by atoms with van der Waals surface area (Å²) in [6, 6.07) is 8.91. The van der Waals surface area contributed by atoms with Crippen molar-refractivity contribution in [3.63, 3.8) is 0 Å².